The summed E-state index contributed by atoms with van der Waals surface area (Å²) in [5.41, 5.74) is 3.34. The van der Waals surface area contributed by atoms with Crippen molar-refractivity contribution in [3.05, 3.63) is 11.6 Å². The van der Waals surface area contributed by atoms with Crippen molar-refractivity contribution in [3.8, 4) is 0 Å². The van der Waals surface area contributed by atoms with Gasteiger partial charge < -0.3 is 0 Å². The fourth-order valence-electron chi connectivity index (χ4n) is 9.95. The Hall–Kier alpha value is -0.390. The van der Waals surface area contributed by atoms with Crippen LogP contribution < -0.4 is 0 Å². The highest BCUT2D eigenvalue weighted by Crippen LogP contribution is 2.74. The van der Waals surface area contributed by atoms with Gasteiger partial charge in [-0.3, -0.25) is 4.55 Å². The first-order chi connectivity index (χ1) is 15.8. The molecule has 1 N–H and O–H groups in total. The summed E-state index contributed by atoms with van der Waals surface area (Å²) in [5.74, 6) is 4.74. The fraction of sp³-hybridized carbons (Fsp3) is 0.931. The second kappa shape index (κ2) is 8.31. The van der Waals surface area contributed by atoms with Crippen molar-refractivity contribution in [2.45, 2.75) is 112 Å². The summed E-state index contributed by atoms with van der Waals surface area (Å²) in [7, 11) is -4.41. The quantitative estimate of drug-likeness (QED) is 0.296. The van der Waals surface area contributed by atoms with E-state index in [-0.39, 0.29) is 5.92 Å². The monoisotopic (exact) mass is 492 g/mol. The molecular formula is C29H48O4S. The first-order valence-corrected chi connectivity index (χ1v) is 15.5. The number of hydrogen-bond acceptors (Lipinski definition) is 3. The normalized spacial score (nSPS) is 47.2. The Morgan fingerprint density at radius 1 is 1.03 bits per heavy atom. The summed E-state index contributed by atoms with van der Waals surface area (Å²) >= 11 is 0. The number of allylic oxidation sites excluding steroid dienone is 2. The predicted octanol–water partition coefficient (Wildman–Crippen LogP) is 7.46. The minimum absolute atomic E-state index is 0.0595. The minimum atomic E-state index is -4.41. The number of rotatable bonds is 7. The molecule has 0 bridgehead atoms. The van der Waals surface area contributed by atoms with Crippen LogP contribution in [0.5, 0.6) is 0 Å². The van der Waals surface area contributed by atoms with Gasteiger partial charge in [0.1, 0.15) is 0 Å². The van der Waals surface area contributed by atoms with Crippen molar-refractivity contribution in [3.63, 3.8) is 0 Å². The molecule has 5 aliphatic carbocycles. The molecule has 0 heterocycles. The Kier molecular flexibility index (Phi) is 6.18. The van der Waals surface area contributed by atoms with Gasteiger partial charge in [-0.1, -0.05) is 53.2 Å². The van der Waals surface area contributed by atoms with Crippen LogP contribution in [0.25, 0.3) is 0 Å². The van der Waals surface area contributed by atoms with Gasteiger partial charge in [-0.25, -0.2) is 4.18 Å². The number of hydrogen-bond donors (Lipinski definition) is 1. The lowest BCUT2D eigenvalue weighted by Crippen LogP contribution is -2.50. The molecule has 0 aromatic carbocycles. The Morgan fingerprint density at radius 3 is 2.44 bits per heavy atom. The summed E-state index contributed by atoms with van der Waals surface area (Å²) in [6.07, 6.45) is 14.9. The van der Waals surface area contributed by atoms with Crippen molar-refractivity contribution in [2.24, 2.45) is 57.7 Å². The summed E-state index contributed by atoms with van der Waals surface area (Å²) in [6, 6.07) is 0. The molecule has 0 spiro atoms. The van der Waals surface area contributed by atoms with Gasteiger partial charge in [0.2, 0.25) is 0 Å². The lowest BCUT2D eigenvalue weighted by Gasteiger charge is -2.58. The van der Waals surface area contributed by atoms with E-state index >= 15 is 0 Å². The topological polar surface area (TPSA) is 63.6 Å². The molecule has 34 heavy (non-hydrogen) atoms. The van der Waals surface area contributed by atoms with E-state index in [1.165, 1.54) is 51.4 Å². The SMILES string of the molecule is CC(C)C(CC[C@@H](C)[C@H]1CC[C@H]2[C@@H]3CC=C4C5C[C@@]5(C)CC[C@]4(C)[C@H]3CC[C@]12C)OS(=O)(=O)O. The van der Waals surface area contributed by atoms with Crippen LogP contribution in [-0.2, 0) is 14.6 Å². The molecule has 4 saturated carbocycles. The Balaban J connectivity index is 1.28. The molecule has 5 rings (SSSR count). The van der Waals surface area contributed by atoms with Crippen molar-refractivity contribution in [2.75, 3.05) is 0 Å². The van der Waals surface area contributed by atoms with E-state index in [0.29, 0.717) is 34.5 Å². The molecule has 5 heteroatoms. The van der Waals surface area contributed by atoms with Crippen LogP contribution in [0.4, 0.5) is 0 Å². The highest BCUT2D eigenvalue weighted by atomic mass is 32.3. The third-order valence-electron chi connectivity index (χ3n) is 12.1. The molecule has 4 fully saturated rings. The molecule has 0 amide bonds. The van der Waals surface area contributed by atoms with E-state index in [1.807, 2.05) is 19.4 Å². The maximum absolute atomic E-state index is 11.3. The molecular weight excluding hydrogens is 444 g/mol. The van der Waals surface area contributed by atoms with Crippen molar-refractivity contribution in [1.82, 2.24) is 0 Å². The molecule has 0 aliphatic heterocycles. The van der Waals surface area contributed by atoms with Crippen molar-refractivity contribution in [1.29, 1.82) is 0 Å². The van der Waals surface area contributed by atoms with Gasteiger partial charge >= 0.3 is 10.4 Å². The molecule has 4 nitrogen and oxygen atoms in total. The van der Waals surface area contributed by atoms with E-state index in [1.54, 1.807) is 0 Å². The average molecular weight is 493 g/mol. The summed E-state index contributed by atoms with van der Waals surface area (Å²) < 4.78 is 36.8. The van der Waals surface area contributed by atoms with Crippen LogP contribution in [0.15, 0.2) is 11.6 Å². The molecule has 10 atom stereocenters. The van der Waals surface area contributed by atoms with Gasteiger partial charge in [0.05, 0.1) is 6.10 Å². The largest absolute Gasteiger partial charge is 0.397 e. The highest BCUT2D eigenvalue weighted by Gasteiger charge is 2.65. The van der Waals surface area contributed by atoms with Crippen LogP contribution in [-0.4, -0.2) is 19.1 Å². The Morgan fingerprint density at radius 2 is 1.76 bits per heavy atom. The molecule has 0 aromatic rings. The number of fused-ring (bicyclic) bond motifs is 7. The molecule has 2 unspecified atom stereocenters. The van der Waals surface area contributed by atoms with Crippen molar-refractivity contribution >= 4 is 10.4 Å². The van der Waals surface area contributed by atoms with Gasteiger partial charge in [-0.2, -0.15) is 8.42 Å². The van der Waals surface area contributed by atoms with E-state index in [4.69, 9.17) is 4.18 Å². The lowest BCUT2D eigenvalue weighted by molar-refractivity contribution is -0.0534. The maximum Gasteiger partial charge on any atom is 0.397 e. The standard InChI is InChI=1S/C29H48O4S/c1-18(2)26(33-34(30,31)32)12-7-19(3)21-10-11-22-20-8-9-24-25-17-27(25,4)15-16-29(24,6)23(20)13-14-28(21,22)5/h9,18-23,25-26H,7-8,10-17H2,1-6H3,(H,30,31,32)/t19-,20+,21-,22+,23+,25?,26?,27-,28-,29-/m1/s1. The Labute approximate surface area is 208 Å². The van der Waals surface area contributed by atoms with Crippen LogP contribution >= 0.6 is 0 Å². The van der Waals surface area contributed by atoms with Gasteiger partial charge in [-0.05, 0) is 122 Å². The van der Waals surface area contributed by atoms with Gasteiger partial charge in [-0.15, -0.1) is 0 Å². The van der Waals surface area contributed by atoms with E-state index in [2.05, 4.69) is 33.8 Å². The highest BCUT2D eigenvalue weighted by molar-refractivity contribution is 7.80. The minimum Gasteiger partial charge on any atom is -0.264 e. The second-order valence-electron chi connectivity index (χ2n) is 14.2. The zero-order valence-electron chi connectivity index (χ0n) is 22.3. The summed E-state index contributed by atoms with van der Waals surface area (Å²) in [5, 5.41) is 0. The molecule has 0 aromatic heterocycles. The third kappa shape index (κ3) is 4.04. The fourth-order valence-corrected chi connectivity index (χ4v) is 10.6. The van der Waals surface area contributed by atoms with Crippen LogP contribution in [0.1, 0.15) is 106 Å². The van der Waals surface area contributed by atoms with Crippen LogP contribution in [0.3, 0.4) is 0 Å². The molecule has 194 valence electrons. The second-order valence-corrected chi connectivity index (χ2v) is 15.2. The zero-order chi connectivity index (χ0) is 24.7. The van der Waals surface area contributed by atoms with Crippen LogP contribution in [0.2, 0.25) is 0 Å². The van der Waals surface area contributed by atoms with Gasteiger partial charge in [0.15, 0.2) is 0 Å². The molecule has 5 aliphatic rings. The van der Waals surface area contributed by atoms with E-state index < -0.39 is 16.5 Å². The third-order valence-corrected chi connectivity index (χ3v) is 12.6. The van der Waals surface area contributed by atoms with Gasteiger partial charge in [0, 0.05) is 0 Å². The molecule has 0 radical (unpaired) electrons. The van der Waals surface area contributed by atoms with Gasteiger partial charge in [0.25, 0.3) is 0 Å². The first-order valence-electron chi connectivity index (χ1n) is 14.1. The molecule has 0 saturated heterocycles. The summed E-state index contributed by atoms with van der Waals surface area (Å²) in [4.78, 5) is 0. The average Bonchev–Trinajstić information content (AvgIpc) is 3.29. The first kappa shape index (κ1) is 25.3. The summed E-state index contributed by atoms with van der Waals surface area (Å²) in [6.45, 7) is 14.1. The van der Waals surface area contributed by atoms with Crippen LogP contribution in [0, 0.1) is 57.7 Å². The smallest absolute Gasteiger partial charge is 0.264 e. The maximum atomic E-state index is 11.3. The van der Waals surface area contributed by atoms with E-state index in [9.17, 15) is 13.0 Å². The predicted molar refractivity (Wildman–Crippen MR) is 136 cm³/mol. The Bertz CT molecular complexity index is 940. The zero-order valence-corrected chi connectivity index (χ0v) is 23.2. The lowest BCUT2D eigenvalue weighted by atomic mass is 9.46. The van der Waals surface area contributed by atoms with Crippen molar-refractivity contribution < 1.29 is 17.2 Å². The van der Waals surface area contributed by atoms with E-state index in [0.717, 1.165) is 30.1 Å².